The summed E-state index contributed by atoms with van der Waals surface area (Å²) in [5, 5.41) is 5.72. The molecule has 2 aliphatic heterocycles. The number of urea groups is 1. The Hall–Kier alpha value is -3.83. The van der Waals surface area contributed by atoms with Gasteiger partial charge in [0.1, 0.15) is 17.7 Å². The van der Waals surface area contributed by atoms with Crippen LogP contribution in [-0.2, 0) is 32.1 Å². The van der Waals surface area contributed by atoms with Crippen molar-refractivity contribution in [3.05, 3.63) is 35.4 Å². The molecular formula is C33H50N6O6. The molecule has 6 N–H and O–H groups in total. The number of alkyl carbamates (subject to hydrolysis) is 1. The standard InChI is InChI=1S/C33H50N6O6/c1-33(2,3)45-32(44)37-26(14-8-6-4-5-7-12-22-17-25(22)28(34)40)30(42)39-20-24(18-27(39)29(35)41)36-31(43)38-16-15-21-11-9-10-13-23(21)19-38/h9-11,13,22,24-27H,4-8,12,14-20H2,1-3H3,(H2,34,40)(H2,35,41)(H,36,43)(H,37,44)/t22-,24-,25+,26+,27+/m1/s1. The number of nitrogens with zero attached hydrogens (tertiary/aromatic N) is 2. The zero-order valence-electron chi connectivity index (χ0n) is 26.9. The van der Waals surface area contributed by atoms with E-state index in [0.29, 0.717) is 31.8 Å². The van der Waals surface area contributed by atoms with Crippen LogP contribution in [0, 0.1) is 11.8 Å². The maximum atomic E-state index is 13.9. The first kappa shape index (κ1) is 34.1. The van der Waals surface area contributed by atoms with Crippen molar-refractivity contribution in [3.8, 4) is 0 Å². The fourth-order valence-corrected chi connectivity index (χ4v) is 6.50. The van der Waals surface area contributed by atoms with Crippen molar-refractivity contribution >= 4 is 29.8 Å². The van der Waals surface area contributed by atoms with E-state index < -0.39 is 41.6 Å². The summed E-state index contributed by atoms with van der Waals surface area (Å²) in [5.41, 5.74) is 12.7. The number of hydrogen-bond acceptors (Lipinski definition) is 6. The minimum absolute atomic E-state index is 0.0423. The van der Waals surface area contributed by atoms with Crippen LogP contribution in [0.1, 0.15) is 89.7 Å². The second kappa shape index (κ2) is 15.0. The number of hydrogen-bond donors (Lipinski definition) is 4. The van der Waals surface area contributed by atoms with Crippen LogP contribution < -0.4 is 22.1 Å². The molecule has 4 rings (SSSR count). The Bertz CT molecular complexity index is 1250. The van der Waals surface area contributed by atoms with Gasteiger partial charge in [-0.05, 0) is 69.9 Å². The number of benzene rings is 1. The average Bonchev–Trinajstić information content (AvgIpc) is 3.64. The van der Waals surface area contributed by atoms with Gasteiger partial charge in [-0.1, -0.05) is 56.4 Å². The van der Waals surface area contributed by atoms with E-state index in [4.69, 9.17) is 16.2 Å². The van der Waals surface area contributed by atoms with Crippen LogP contribution >= 0.6 is 0 Å². The smallest absolute Gasteiger partial charge is 0.408 e. The van der Waals surface area contributed by atoms with Gasteiger partial charge in [0.15, 0.2) is 0 Å². The Morgan fingerprint density at radius 1 is 0.956 bits per heavy atom. The fraction of sp³-hybridized carbons (Fsp3) is 0.667. The summed E-state index contributed by atoms with van der Waals surface area (Å²) in [6, 6.07) is 5.52. The predicted octanol–water partition coefficient (Wildman–Crippen LogP) is 2.95. The first-order valence-electron chi connectivity index (χ1n) is 16.3. The van der Waals surface area contributed by atoms with Crippen molar-refractivity contribution < 1.29 is 28.7 Å². The number of amides is 6. The SMILES string of the molecule is CC(C)(C)OC(=O)N[C@@H](CCCCCCC[C@@H]1C[C@@H]1C(N)=O)C(=O)N1C[C@H](NC(=O)N2CCc3ccccc3C2)C[C@H]1C(N)=O. The number of unbranched alkanes of at least 4 members (excludes halogenated alkanes) is 4. The summed E-state index contributed by atoms with van der Waals surface area (Å²) in [6.45, 7) is 6.42. The number of fused-ring (bicyclic) bond motifs is 1. The molecule has 1 saturated carbocycles. The van der Waals surface area contributed by atoms with Gasteiger partial charge in [0, 0.05) is 25.6 Å². The molecule has 3 aliphatic rings. The maximum Gasteiger partial charge on any atom is 0.408 e. The molecule has 6 amide bonds. The van der Waals surface area contributed by atoms with Crippen LogP contribution in [0.3, 0.4) is 0 Å². The van der Waals surface area contributed by atoms with Gasteiger partial charge >= 0.3 is 12.1 Å². The normalized spacial score (nSPS) is 23.1. The van der Waals surface area contributed by atoms with Crippen molar-refractivity contribution in [2.45, 2.75) is 115 Å². The van der Waals surface area contributed by atoms with Crippen LogP contribution in [0.2, 0.25) is 0 Å². The third-order valence-corrected chi connectivity index (χ3v) is 9.00. The summed E-state index contributed by atoms with van der Waals surface area (Å²) in [4.78, 5) is 66.6. The molecule has 1 aliphatic carbocycles. The minimum atomic E-state index is -0.905. The molecule has 5 atom stereocenters. The number of nitrogens with two attached hydrogens (primary N) is 2. The molecule has 12 heteroatoms. The molecule has 2 fully saturated rings. The highest BCUT2D eigenvalue weighted by atomic mass is 16.6. The van der Waals surface area contributed by atoms with E-state index in [1.54, 1.807) is 25.7 Å². The average molecular weight is 627 g/mol. The summed E-state index contributed by atoms with van der Waals surface area (Å²) in [6.07, 6.45) is 7.08. The molecule has 1 aromatic carbocycles. The molecule has 0 bridgehead atoms. The van der Waals surface area contributed by atoms with E-state index in [9.17, 15) is 24.0 Å². The lowest BCUT2D eigenvalue weighted by molar-refractivity contribution is -0.139. The van der Waals surface area contributed by atoms with Crippen molar-refractivity contribution in [2.24, 2.45) is 23.3 Å². The highest BCUT2D eigenvalue weighted by Crippen LogP contribution is 2.42. The molecule has 1 saturated heterocycles. The second-order valence-electron chi connectivity index (χ2n) is 13.8. The molecule has 248 valence electrons. The summed E-state index contributed by atoms with van der Waals surface area (Å²) in [5.74, 6) is -0.810. The summed E-state index contributed by atoms with van der Waals surface area (Å²) in [7, 11) is 0. The van der Waals surface area contributed by atoms with Gasteiger partial charge in [0.05, 0.1) is 6.04 Å². The zero-order valence-corrected chi connectivity index (χ0v) is 26.9. The molecular weight excluding hydrogens is 576 g/mol. The molecule has 0 spiro atoms. The predicted molar refractivity (Wildman–Crippen MR) is 168 cm³/mol. The van der Waals surface area contributed by atoms with E-state index in [2.05, 4.69) is 16.7 Å². The Morgan fingerprint density at radius 3 is 2.31 bits per heavy atom. The third kappa shape index (κ3) is 9.83. The first-order valence-corrected chi connectivity index (χ1v) is 16.3. The summed E-state index contributed by atoms with van der Waals surface area (Å²) >= 11 is 0. The van der Waals surface area contributed by atoms with E-state index >= 15 is 0 Å². The van der Waals surface area contributed by atoms with Crippen molar-refractivity contribution in [2.75, 3.05) is 13.1 Å². The molecule has 12 nitrogen and oxygen atoms in total. The molecule has 0 aromatic heterocycles. The number of carbonyl (C=O) groups excluding carboxylic acids is 5. The Labute approximate surface area is 265 Å². The molecule has 0 unspecified atom stereocenters. The molecule has 0 radical (unpaired) electrons. The minimum Gasteiger partial charge on any atom is -0.444 e. The fourth-order valence-electron chi connectivity index (χ4n) is 6.50. The lowest BCUT2D eigenvalue weighted by atomic mass is 10.0. The molecule has 45 heavy (non-hydrogen) atoms. The van der Waals surface area contributed by atoms with E-state index in [0.717, 1.165) is 50.5 Å². The number of ether oxygens (including phenoxy) is 1. The maximum absolute atomic E-state index is 13.9. The largest absolute Gasteiger partial charge is 0.444 e. The second-order valence-corrected chi connectivity index (χ2v) is 13.8. The highest BCUT2D eigenvalue weighted by molar-refractivity contribution is 5.91. The highest BCUT2D eigenvalue weighted by Gasteiger charge is 2.43. The van der Waals surface area contributed by atoms with Gasteiger partial charge in [-0.2, -0.15) is 0 Å². The van der Waals surface area contributed by atoms with Gasteiger partial charge < -0.3 is 36.6 Å². The molecule has 1 aromatic rings. The van der Waals surface area contributed by atoms with Gasteiger partial charge in [-0.15, -0.1) is 0 Å². The number of nitrogens with one attached hydrogen (secondary N) is 2. The van der Waals surface area contributed by atoms with Crippen molar-refractivity contribution in [1.29, 1.82) is 0 Å². The third-order valence-electron chi connectivity index (χ3n) is 9.00. The van der Waals surface area contributed by atoms with Crippen LogP contribution in [-0.4, -0.2) is 76.5 Å². The monoisotopic (exact) mass is 626 g/mol. The topological polar surface area (TPSA) is 177 Å². The Balaban J connectivity index is 1.32. The van der Waals surface area contributed by atoms with Gasteiger partial charge in [-0.3, -0.25) is 14.4 Å². The number of likely N-dealkylation sites (tertiary alicyclic amines) is 1. The Kier molecular flexibility index (Phi) is 11.3. The first-order chi connectivity index (χ1) is 21.3. The van der Waals surface area contributed by atoms with Crippen LogP contribution in [0.25, 0.3) is 0 Å². The van der Waals surface area contributed by atoms with Crippen molar-refractivity contribution in [1.82, 2.24) is 20.4 Å². The van der Waals surface area contributed by atoms with E-state index in [-0.39, 0.29) is 30.8 Å². The van der Waals surface area contributed by atoms with Crippen LogP contribution in [0.5, 0.6) is 0 Å². The summed E-state index contributed by atoms with van der Waals surface area (Å²) < 4.78 is 5.43. The van der Waals surface area contributed by atoms with Gasteiger partial charge in [-0.25, -0.2) is 9.59 Å². The number of rotatable bonds is 13. The lowest BCUT2D eigenvalue weighted by Gasteiger charge is -2.30. The number of primary amides is 2. The lowest BCUT2D eigenvalue weighted by Crippen LogP contribution is -2.53. The van der Waals surface area contributed by atoms with Crippen LogP contribution in [0.4, 0.5) is 9.59 Å². The molecule has 2 heterocycles. The van der Waals surface area contributed by atoms with Crippen LogP contribution in [0.15, 0.2) is 24.3 Å². The quantitative estimate of drug-likeness (QED) is 0.245. The van der Waals surface area contributed by atoms with E-state index in [1.807, 2.05) is 18.2 Å². The zero-order chi connectivity index (χ0) is 32.7. The number of carbonyl (C=O) groups is 5. The Morgan fingerprint density at radius 2 is 1.64 bits per heavy atom. The van der Waals surface area contributed by atoms with Crippen molar-refractivity contribution in [3.63, 3.8) is 0 Å². The van der Waals surface area contributed by atoms with E-state index in [1.165, 1.54) is 10.5 Å². The van der Waals surface area contributed by atoms with Gasteiger partial charge in [0.2, 0.25) is 17.7 Å². The van der Waals surface area contributed by atoms with Gasteiger partial charge in [0.25, 0.3) is 0 Å².